The molecule has 0 aromatic heterocycles. The van der Waals surface area contributed by atoms with Gasteiger partial charge >= 0.3 is 0 Å². The molecule has 0 aliphatic carbocycles. The second-order valence-electron chi connectivity index (χ2n) is 5.43. The standard InChI is InChI=1S/C18H20N2O4S/c19-17(22)15(11-12-25(24)14-9-5-2-6-10-14)20-18(23)16(21)13-7-3-1-4-8-13/h1-10,15-16,21H,11-12H2,(H2,19,22)(H,20,23)/t15-,16+,25+/m1/s1. The zero-order valence-electron chi connectivity index (χ0n) is 13.5. The number of rotatable bonds is 8. The van der Waals surface area contributed by atoms with Crippen LogP contribution in [0.4, 0.5) is 0 Å². The summed E-state index contributed by atoms with van der Waals surface area (Å²) in [5.41, 5.74) is 5.73. The summed E-state index contributed by atoms with van der Waals surface area (Å²) >= 11 is 0. The minimum atomic E-state index is -1.40. The van der Waals surface area contributed by atoms with Gasteiger partial charge in [0.25, 0.3) is 5.91 Å². The highest BCUT2D eigenvalue weighted by atomic mass is 32.2. The van der Waals surface area contributed by atoms with Crippen molar-refractivity contribution in [2.75, 3.05) is 5.75 Å². The van der Waals surface area contributed by atoms with Crippen LogP contribution in [0.3, 0.4) is 0 Å². The lowest BCUT2D eigenvalue weighted by molar-refractivity contribution is -0.133. The van der Waals surface area contributed by atoms with E-state index in [1.807, 2.05) is 6.07 Å². The first-order chi connectivity index (χ1) is 12.0. The van der Waals surface area contributed by atoms with E-state index in [4.69, 9.17) is 5.73 Å². The van der Waals surface area contributed by atoms with E-state index in [-0.39, 0.29) is 12.2 Å². The summed E-state index contributed by atoms with van der Waals surface area (Å²) in [5, 5.41) is 12.5. The van der Waals surface area contributed by atoms with Gasteiger partial charge in [-0.1, -0.05) is 48.5 Å². The van der Waals surface area contributed by atoms with Gasteiger partial charge in [0, 0.05) is 10.6 Å². The number of primary amides is 1. The van der Waals surface area contributed by atoms with Crippen molar-refractivity contribution >= 4 is 22.6 Å². The van der Waals surface area contributed by atoms with Gasteiger partial charge in [0.2, 0.25) is 5.91 Å². The van der Waals surface area contributed by atoms with Gasteiger partial charge in [-0.25, -0.2) is 0 Å². The first-order valence-electron chi connectivity index (χ1n) is 7.75. The highest BCUT2D eigenvalue weighted by Gasteiger charge is 2.24. The van der Waals surface area contributed by atoms with Gasteiger partial charge in [-0.2, -0.15) is 0 Å². The van der Waals surface area contributed by atoms with E-state index in [0.717, 1.165) is 0 Å². The third-order valence-corrected chi connectivity index (χ3v) is 5.03. The van der Waals surface area contributed by atoms with Crippen LogP contribution in [0.25, 0.3) is 0 Å². The van der Waals surface area contributed by atoms with Crippen LogP contribution in [-0.2, 0) is 20.4 Å². The summed E-state index contributed by atoms with van der Waals surface area (Å²) in [5.74, 6) is -1.29. The summed E-state index contributed by atoms with van der Waals surface area (Å²) in [7, 11) is -1.30. The zero-order chi connectivity index (χ0) is 18.2. The summed E-state index contributed by atoms with van der Waals surface area (Å²) < 4.78 is 12.2. The van der Waals surface area contributed by atoms with E-state index in [1.165, 1.54) is 0 Å². The number of hydrogen-bond donors (Lipinski definition) is 3. The monoisotopic (exact) mass is 360 g/mol. The fourth-order valence-corrected chi connectivity index (χ4v) is 3.38. The first kappa shape index (κ1) is 18.8. The zero-order valence-corrected chi connectivity index (χ0v) is 14.3. The van der Waals surface area contributed by atoms with E-state index in [0.29, 0.717) is 10.5 Å². The number of nitrogens with two attached hydrogens (primary N) is 1. The maximum absolute atomic E-state index is 12.2. The molecule has 0 aliphatic heterocycles. The van der Waals surface area contributed by atoms with Crippen LogP contribution in [0.2, 0.25) is 0 Å². The fourth-order valence-electron chi connectivity index (χ4n) is 2.24. The van der Waals surface area contributed by atoms with Crippen molar-refractivity contribution in [1.82, 2.24) is 5.32 Å². The predicted molar refractivity (Wildman–Crippen MR) is 94.9 cm³/mol. The highest BCUT2D eigenvalue weighted by molar-refractivity contribution is 7.85. The SMILES string of the molecule is NC(=O)[C@@H](CC[S@](=O)c1ccccc1)NC(=O)[C@@H](O)c1ccccc1. The molecule has 7 heteroatoms. The number of benzene rings is 2. The van der Waals surface area contributed by atoms with E-state index < -0.39 is 34.8 Å². The third kappa shape index (κ3) is 5.51. The Morgan fingerprint density at radius 1 is 1.04 bits per heavy atom. The molecular weight excluding hydrogens is 340 g/mol. The Bertz CT molecular complexity index is 737. The van der Waals surface area contributed by atoms with Gasteiger partial charge in [0.1, 0.15) is 6.04 Å². The molecule has 0 spiro atoms. The molecule has 132 valence electrons. The normalized spacial score (nSPS) is 14.3. The van der Waals surface area contributed by atoms with Crippen LogP contribution < -0.4 is 11.1 Å². The molecule has 4 N–H and O–H groups in total. The molecule has 0 saturated carbocycles. The average Bonchev–Trinajstić information content (AvgIpc) is 2.65. The Kier molecular flexibility index (Phi) is 6.85. The fraction of sp³-hybridized carbons (Fsp3) is 0.222. The molecule has 2 aromatic carbocycles. The first-order valence-corrected chi connectivity index (χ1v) is 9.07. The maximum atomic E-state index is 12.2. The van der Waals surface area contributed by atoms with E-state index in [9.17, 15) is 18.9 Å². The lowest BCUT2D eigenvalue weighted by Gasteiger charge is -2.18. The number of carbonyl (C=O) groups is 2. The lowest BCUT2D eigenvalue weighted by atomic mass is 10.1. The quantitative estimate of drug-likeness (QED) is 0.649. The average molecular weight is 360 g/mol. The molecule has 0 aliphatic rings. The molecule has 2 amide bonds. The van der Waals surface area contributed by atoms with Crippen LogP contribution in [0.1, 0.15) is 18.1 Å². The molecule has 2 aromatic rings. The third-order valence-electron chi connectivity index (χ3n) is 3.62. The second-order valence-corrected chi connectivity index (χ2v) is 7.00. The Labute approximate surface area is 148 Å². The van der Waals surface area contributed by atoms with Crippen LogP contribution >= 0.6 is 0 Å². The van der Waals surface area contributed by atoms with Crippen molar-refractivity contribution in [3.8, 4) is 0 Å². The van der Waals surface area contributed by atoms with E-state index in [2.05, 4.69) is 5.32 Å². The topological polar surface area (TPSA) is 109 Å². The van der Waals surface area contributed by atoms with Crippen molar-refractivity contribution in [2.45, 2.75) is 23.5 Å². The Hall–Kier alpha value is -2.51. The summed E-state index contributed by atoms with van der Waals surface area (Å²) in [6.07, 6.45) is -1.29. The number of amides is 2. The van der Waals surface area contributed by atoms with Gasteiger partial charge in [0.05, 0.1) is 10.8 Å². The van der Waals surface area contributed by atoms with Crippen molar-refractivity contribution in [3.63, 3.8) is 0 Å². The van der Waals surface area contributed by atoms with Gasteiger partial charge in [-0.05, 0) is 24.1 Å². The van der Waals surface area contributed by atoms with Gasteiger partial charge in [-0.15, -0.1) is 0 Å². The van der Waals surface area contributed by atoms with E-state index >= 15 is 0 Å². The Morgan fingerprint density at radius 3 is 2.16 bits per heavy atom. The molecule has 0 unspecified atom stereocenters. The molecule has 0 heterocycles. The molecule has 0 radical (unpaired) electrons. The minimum absolute atomic E-state index is 0.115. The Balaban J connectivity index is 1.95. The summed E-state index contributed by atoms with van der Waals surface area (Å²) in [4.78, 5) is 24.3. The number of aliphatic hydroxyl groups is 1. The Morgan fingerprint density at radius 2 is 1.60 bits per heavy atom. The number of hydrogen-bond acceptors (Lipinski definition) is 4. The van der Waals surface area contributed by atoms with Gasteiger partial charge in [0.15, 0.2) is 6.10 Å². The largest absolute Gasteiger partial charge is 0.378 e. The van der Waals surface area contributed by atoms with E-state index in [1.54, 1.807) is 54.6 Å². The van der Waals surface area contributed by atoms with Crippen molar-refractivity contribution in [1.29, 1.82) is 0 Å². The van der Waals surface area contributed by atoms with Crippen LogP contribution in [-0.4, -0.2) is 32.9 Å². The number of aliphatic hydroxyl groups excluding tert-OH is 1. The molecule has 0 bridgehead atoms. The van der Waals surface area contributed by atoms with Gasteiger partial charge in [-0.3, -0.25) is 13.8 Å². The van der Waals surface area contributed by atoms with Crippen molar-refractivity contribution < 1.29 is 18.9 Å². The lowest BCUT2D eigenvalue weighted by Crippen LogP contribution is -2.46. The van der Waals surface area contributed by atoms with Crippen LogP contribution in [0.15, 0.2) is 65.6 Å². The second kappa shape index (κ2) is 9.10. The highest BCUT2D eigenvalue weighted by Crippen LogP contribution is 2.13. The van der Waals surface area contributed by atoms with Gasteiger partial charge < -0.3 is 16.2 Å². The van der Waals surface area contributed by atoms with Crippen LogP contribution in [0.5, 0.6) is 0 Å². The molecule has 25 heavy (non-hydrogen) atoms. The molecular formula is C18H20N2O4S. The maximum Gasteiger partial charge on any atom is 0.254 e. The number of nitrogens with one attached hydrogen (secondary N) is 1. The van der Waals surface area contributed by atoms with Crippen molar-refractivity contribution in [3.05, 3.63) is 66.2 Å². The number of carbonyl (C=O) groups excluding carboxylic acids is 2. The molecule has 3 atom stereocenters. The molecule has 6 nitrogen and oxygen atoms in total. The minimum Gasteiger partial charge on any atom is -0.378 e. The van der Waals surface area contributed by atoms with Crippen LogP contribution in [0, 0.1) is 0 Å². The predicted octanol–water partition coefficient (Wildman–Crippen LogP) is 0.888. The molecule has 0 saturated heterocycles. The summed E-state index contributed by atoms with van der Waals surface area (Å²) in [6.45, 7) is 0. The van der Waals surface area contributed by atoms with Crippen molar-refractivity contribution in [2.24, 2.45) is 5.73 Å². The molecule has 2 rings (SSSR count). The molecule has 0 fully saturated rings. The summed E-state index contributed by atoms with van der Waals surface area (Å²) in [6, 6.07) is 16.2. The smallest absolute Gasteiger partial charge is 0.254 e.